The zero-order valence-electron chi connectivity index (χ0n) is 10.2. The first-order valence-corrected chi connectivity index (χ1v) is 5.98. The van der Waals surface area contributed by atoms with Gasteiger partial charge in [0.25, 0.3) is 0 Å². The van der Waals surface area contributed by atoms with Gasteiger partial charge in [-0.05, 0) is 24.1 Å². The number of hydrogen-bond acceptors (Lipinski definition) is 1. The van der Waals surface area contributed by atoms with Gasteiger partial charge in [-0.3, -0.25) is 4.57 Å². The van der Waals surface area contributed by atoms with Crippen LogP contribution in [-0.2, 0) is 6.54 Å². The highest BCUT2D eigenvalue weighted by molar-refractivity contribution is 5.78. The highest BCUT2D eigenvalue weighted by Gasteiger charge is 2.08. The van der Waals surface area contributed by atoms with Gasteiger partial charge < -0.3 is 4.98 Å². The molecule has 0 amide bonds. The van der Waals surface area contributed by atoms with Gasteiger partial charge in [-0.2, -0.15) is 0 Å². The Kier molecular flexibility index (Phi) is 2.52. The van der Waals surface area contributed by atoms with E-state index in [1.54, 1.807) is 4.57 Å². The number of aryl methyl sites for hydroxylation is 1. The van der Waals surface area contributed by atoms with Gasteiger partial charge in [0.1, 0.15) is 0 Å². The highest BCUT2D eigenvalue weighted by Crippen LogP contribution is 2.16. The van der Waals surface area contributed by atoms with Crippen LogP contribution in [0.25, 0.3) is 11.0 Å². The molecule has 18 heavy (non-hydrogen) atoms. The topological polar surface area (TPSA) is 37.8 Å². The van der Waals surface area contributed by atoms with Crippen LogP contribution in [0.1, 0.15) is 11.1 Å². The minimum Gasteiger partial charge on any atom is -0.306 e. The number of H-pyrrole nitrogens is 1. The Morgan fingerprint density at radius 3 is 2.61 bits per heavy atom. The molecule has 90 valence electrons. The third-order valence-corrected chi connectivity index (χ3v) is 3.18. The monoisotopic (exact) mass is 238 g/mol. The van der Waals surface area contributed by atoms with Crippen LogP contribution in [0.2, 0.25) is 0 Å². The number of nitrogens with one attached hydrogen (secondary N) is 1. The van der Waals surface area contributed by atoms with E-state index in [2.05, 4.69) is 4.98 Å². The first kappa shape index (κ1) is 10.8. The molecule has 0 spiro atoms. The molecule has 0 aliphatic carbocycles. The number of para-hydroxylation sites is 1. The average molecular weight is 238 g/mol. The number of benzene rings is 2. The molecule has 3 aromatic rings. The number of aromatic amines is 1. The van der Waals surface area contributed by atoms with Crippen LogP contribution in [0, 0.1) is 6.92 Å². The lowest BCUT2D eigenvalue weighted by molar-refractivity contribution is 0.785. The van der Waals surface area contributed by atoms with Gasteiger partial charge in [-0.15, -0.1) is 0 Å². The van der Waals surface area contributed by atoms with Gasteiger partial charge in [0.15, 0.2) is 0 Å². The largest absolute Gasteiger partial charge is 0.326 e. The normalized spacial score (nSPS) is 10.9. The number of imidazole rings is 1. The molecule has 0 atom stereocenters. The fourth-order valence-electron chi connectivity index (χ4n) is 2.32. The van der Waals surface area contributed by atoms with E-state index < -0.39 is 0 Å². The van der Waals surface area contributed by atoms with Gasteiger partial charge in [0.05, 0.1) is 17.6 Å². The fraction of sp³-hybridized carbons (Fsp3) is 0.133. The SMILES string of the molecule is Cc1cccc2[nH]c(=O)n(Cc3ccccc3)c12. The Bertz CT molecular complexity index is 738. The second kappa shape index (κ2) is 4.18. The predicted octanol–water partition coefficient (Wildman–Crippen LogP) is 2.69. The summed E-state index contributed by atoms with van der Waals surface area (Å²) in [5, 5.41) is 0. The van der Waals surface area contributed by atoms with Crippen molar-refractivity contribution in [2.45, 2.75) is 13.5 Å². The number of hydrogen-bond donors (Lipinski definition) is 1. The third kappa shape index (κ3) is 1.74. The van der Waals surface area contributed by atoms with Gasteiger partial charge >= 0.3 is 5.69 Å². The number of aromatic nitrogens is 2. The van der Waals surface area contributed by atoms with E-state index in [1.807, 2.05) is 55.5 Å². The predicted molar refractivity (Wildman–Crippen MR) is 72.8 cm³/mol. The fourth-order valence-corrected chi connectivity index (χ4v) is 2.32. The van der Waals surface area contributed by atoms with Crippen molar-refractivity contribution in [2.75, 3.05) is 0 Å². The molecule has 0 bridgehead atoms. The van der Waals surface area contributed by atoms with Crippen molar-refractivity contribution in [1.82, 2.24) is 9.55 Å². The lowest BCUT2D eigenvalue weighted by atomic mass is 10.2. The van der Waals surface area contributed by atoms with Gasteiger partial charge in [0, 0.05) is 0 Å². The zero-order chi connectivity index (χ0) is 12.5. The Morgan fingerprint density at radius 2 is 1.83 bits per heavy atom. The molecule has 0 saturated carbocycles. The van der Waals surface area contributed by atoms with Crippen LogP contribution in [0.3, 0.4) is 0 Å². The van der Waals surface area contributed by atoms with Crippen LogP contribution >= 0.6 is 0 Å². The van der Waals surface area contributed by atoms with Gasteiger partial charge in [-0.1, -0.05) is 42.5 Å². The number of rotatable bonds is 2. The molecule has 3 rings (SSSR count). The summed E-state index contributed by atoms with van der Waals surface area (Å²) in [5.74, 6) is 0. The van der Waals surface area contributed by atoms with E-state index >= 15 is 0 Å². The molecule has 3 heteroatoms. The zero-order valence-corrected chi connectivity index (χ0v) is 10.2. The lowest BCUT2D eigenvalue weighted by Crippen LogP contribution is -2.17. The maximum absolute atomic E-state index is 12.0. The summed E-state index contributed by atoms with van der Waals surface area (Å²) >= 11 is 0. The van der Waals surface area contributed by atoms with Gasteiger partial charge in [-0.25, -0.2) is 4.79 Å². The maximum Gasteiger partial charge on any atom is 0.326 e. The van der Waals surface area contributed by atoms with Crippen molar-refractivity contribution in [3.8, 4) is 0 Å². The third-order valence-electron chi connectivity index (χ3n) is 3.18. The smallest absolute Gasteiger partial charge is 0.306 e. The molecule has 3 nitrogen and oxygen atoms in total. The van der Waals surface area contributed by atoms with E-state index in [4.69, 9.17) is 0 Å². The molecule has 1 aromatic heterocycles. The van der Waals surface area contributed by atoms with Gasteiger partial charge in [0.2, 0.25) is 0 Å². The van der Waals surface area contributed by atoms with Crippen LogP contribution in [0.4, 0.5) is 0 Å². The van der Waals surface area contributed by atoms with Crippen LogP contribution in [0.15, 0.2) is 53.3 Å². The van der Waals surface area contributed by atoms with Crippen LogP contribution in [-0.4, -0.2) is 9.55 Å². The molecular formula is C15H14N2O. The molecule has 0 radical (unpaired) electrons. The summed E-state index contributed by atoms with van der Waals surface area (Å²) in [5.41, 5.74) is 4.08. The summed E-state index contributed by atoms with van der Waals surface area (Å²) in [7, 11) is 0. The van der Waals surface area contributed by atoms with Crippen molar-refractivity contribution >= 4 is 11.0 Å². The Labute approximate surface area is 105 Å². The molecular weight excluding hydrogens is 224 g/mol. The second-order valence-electron chi connectivity index (χ2n) is 4.47. The minimum absolute atomic E-state index is 0.0526. The molecule has 0 fully saturated rings. The van der Waals surface area contributed by atoms with E-state index in [0.717, 1.165) is 22.2 Å². The van der Waals surface area contributed by atoms with Crippen molar-refractivity contribution in [3.05, 3.63) is 70.1 Å². The minimum atomic E-state index is -0.0526. The quantitative estimate of drug-likeness (QED) is 0.732. The Hall–Kier alpha value is -2.29. The Balaban J connectivity index is 2.17. The molecule has 0 saturated heterocycles. The molecule has 0 unspecified atom stereocenters. The molecule has 2 aromatic carbocycles. The maximum atomic E-state index is 12.0. The number of fused-ring (bicyclic) bond motifs is 1. The number of nitrogens with zero attached hydrogens (tertiary/aromatic N) is 1. The molecule has 0 aliphatic rings. The Morgan fingerprint density at radius 1 is 1.06 bits per heavy atom. The first-order chi connectivity index (χ1) is 8.75. The highest BCUT2D eigenvalue weighted by atomic mass is 16.1. The van der Waals surface area contributed by atoms with Crippen molar-refractivity contribution < 1.29 is 0 Å². The first-order valence-electron chi connectivity index (χ1n) is 5.98. The summed E-state index contributed by atoms with van der Waals surface area (Å²) < 4.78 is 1.79. The average Bonchev–Trinajstić information content (AvgIpc) is 2.69. The molecule has 1 heterocycles. The molecule has 1 N–H and O–H groups in total. The lowest BCUT2D eigenvalue weighted by Gasteiger charge is -2.05. The van der Waals surface area contributed by atoms with E-state index in [-0.39, 0.29) is 5.69 Å². The van der Waals surface area contributed by atoms with E-state index in [9.17, 15) is 4.79 Å². The summed E-state index contributed by atoms with van der Waals surface area (Å²) in [4.78, 5) is 14.9. The van der Waals surface area contributed by atoms with Crippen molar-refractivity contribution in [1.29, 1.82) is 0 Å². The standard InChI is InChI=1S/C15H14N2O/c1-11-6-5-9-13-14(11)17(15(18)16-13)10-12-7-3-2-4-8-12/h2-9H,10H2,1H3,(H,16,18). The summed E-state index contributed by atoms with van der Waals surface area (Å²) in [6, 6.07) is 15.9. The summed E-state index contributed by atoms with van der Waals surface area (Å²) in [6.45, 7) is 2.63. The van der Waals surface area contributed by atoms with Crippen LogP contribution < -0.4 is 5.69 Å². The van der Waals surface area contributed by atoms with Crippen molar-refractivity contribution in [3.63, 3.8) is 0 Å². The molecule has 0 aliphatic heterocycles. The van der Waals surface area contributed by atoms with E-state index in [1.165, 1.54) is 0 Å². The second-order valence-corrected chi connectivity index (χ2v) is 4.47. The van der Waals surface area contributed by atoms with Crippen molar-refractivity contribution in [2.24, 2.45) is 0 Å². The van der Waals surface area contributed by atoms with E-state index in [0.29, 0.717) is 6.54 Å². The summed E-state index contributed by atoms with van der Waals surface area (Å²) in [6.07, 6.45) is 0. The van der Waals surface area contributed by atoms with Crippen LogP contribution in [0.5, 0.6) is 0 Å².